The molecule has 0 spiro atoms. The molecule has 0 amide bonds. The van der Waals surface area contributed by atoms with E-state index in [0.717, 1.165) is 19.4 Å². The third-order valence-corrected chi connectivity index (χ3v) is 2.23. The van der Waals surface area contributed by atoms with Crippen LogP contribution < -0.4 is 0 Å². The van der Waals surface area contributed by atoms with Crippen molar-refractivity contribution in [3.05, 3.63) is 18.0 Å². The van der Waals surface area contributed by atoms with Crippen molar-refractivity contribution in [3.8, 4) is 0 Å². The zero-order valence-corrected chi connectivity index (χ0v) is 9.14. The Morgan fingerprint density at radius 3 is 2.79 bits per heavy atom. The number of rotatable bonds is 5. The highest BCUT2D eigenvalue weighted by Gasteiger charge is 2.07. The molecule has 0 radical (unpaired) electrons. The van der Waals surface area contributed by atoms with E-state index in [1.807, 2.05) is 36.8 Å². The van der Waals surface area contributed by atoms with E-state index < -0.39 is 0 Å². The molecule has 0 aliphatic carbocycles. The number of aryl methyl sites for hydroxylation is 2. The van der Waals surface area contributed by atoms with Crippen molar-refractivity contribution in [1.29, 1.82) is 0 Å². The van der Waals surface area contributed by atoms with Crippen molar-refractivity contribution < 1.29 is 5.11 Å². The fourth-order valence-corrected chi connectivity index (χ4v) is 1.47. The zero-order chi connectivity index (χ0) is 10.6. The summed E-state index contributed by atoms with van der Waals surface area (Å²) in [7, 11) is 5.86. The Hall–Kier alpha value is -0.870. The summed E-state index contributed by atoms with van der Waals surface area (Å²) in [6.45, 7) is 0.720. The van der Waals surface area contributed by atoms with Gasteiger partial charge in [0.05, 0.1) is 6.10 Å². The van der Waals surface area contributed by atoms with E-state index in [1.54, 1.807) is 6.20 Å². The molecule has 0 saturated heterocycles. The molecule has 1 aromatic heterocycles. The highest BCUT2D eigenvalue weighted by Crippen LogP contribution is 2.04. The van der Waals surface area contributed by atoms with Gasteiger partial charge in [0, 0.05) is 25.5 Å². The highest BCUT2D eigenvalue weighted by atomic mass is 16.3. The Labute approximate surface area is 85.1 Å². The summed E-state index contributed by atoms with van der Waals surface area (Å²) in [5, 5.41) is 13.7. The summed E-state index contributed by atoms with van der Waals surface area (Å²) >= 11 is 0. The van der Waals surface area contributed by atoms with Crippen molar-refractivity contribution in [2.45, 2.75) is 18.9 Å². The van der Waals surface area contributed by atoms with Crippen molar-refractivity contribution in [2.75, 3.05) is 20.6 Å². The van der Waals surface area contributed by atoms with Crippen LogP contribution in [-0.2, 0) is 13.5 Å². The van der Waals surface area contributed by atoms with Gasteiger partial charge in [0.25, 0.3) is 0 Å². The molecule has 14 heavy (non-hydrogen) atoms. The molecule has 1 unspecified atom stereocenters. The van der Waals surface area contributed by atoms with Crippen LogP contribution in [0.2, 0.25) is 0 Å². The summed E-state index contributed by atoms with van der Waals surface area (Å²) in [4.78, 5) is 1.99. The molecule has 80 valence electrons. The first-order valence-electron chi connectivity index (χ1n) is 4.89. The topological polar surface area (TPSA) is 41.3 Å². The molecule has 4 heteroatoms. The summed E-state index contributed by atoms with van der Waals surface area (Å²) < 4.78 is 1.85. The van der Waals surface area contributed by atoms with E-state index in [9.17, 15) is 5.11 Å². The van der Waals surface area contributed by atoms with Gasteiger partial charge in [-0.15, -0.1) is 0 Å². The SMILES string of the molecule is CN(C)CC(O)CCc1ccnn1C. The Bertz CT molecular complexity index is 270. The molecule has 1 rings (SSSR count). The first kappa shape index (κ1) is 11.2. The molecule has 1 N–H and O–H groups in total. The fraction of sp³-hybridized carbons (Fsp3) is 0.700. The van der Waals surface area contributed by atoms with E-state index in [4.69, 9.17) is 0 Å². The maximum absolute atomic E-state index is 9.64. The summed E-state index contributed by atoms with van der Waals surface area (Å²) in [6, 6.07) is 1.99. The smallest absolute Gasteiger partial charge is 0.0670 e. The van der Waals surface area contributed by atoms with Crippen LogP contribution in [-0.4, -0.2) is 46.5 Å². The minimum atomic E-state index is -0.250. The number of hydrogen-bond donors (Lipinski definition) is 1. The van der Waals surface area contributed by atoms with E-state index in [1.165, 1.54) is 5.69 Å². The number of aliphatic hydroxyl groups is 1. The number of nitrogens with zero attached hydrogens (tertiary/aromatic N) is 3. The van der Waals surface area contributed by atoms with Crippen LogP contribution in [0.15, 0.2) is 12.3 Å². The first-order chi connectivity index (χ1) is 6.59. The molecule has 0 bridgehead atoms. The Morgan fingerprint density at radius 1 is 1.57 bits per heavy atom. The fourth-order valence-electron chi connectivity index (χ4n) is 1.47. The van der Waals surface area contributed by atoms with Gasteiger partial charge in [-0.05, 0) is 33.0 Å². The molecule has 0 saturated carbocycles. The second kappa shape index (κ2) is 5.12. The van der Waals surface area contributed by atoms with E-state index in [-0.39, 0.29) is 6.10 Å². The van der Waals surface area contributed by atoms with Crippen LogP contribution in [0.25, 0.3) is 0 Å². The summed E-state index contributed by atoms with van der Waals surface area (Å²) in [5.41, 5.74) is 1.17. The van der Waals surface area contributed by atoms with Gasteiger partial charge in [0.2, 0.25) is 0 Å². The molecular weight excluding hydrogens is 178 g/mol. The van der Waals surface area contributed by atoms with Crippen LogP contribution in [0.5, 0.6) is 0 Å². The van der Waals surface area contributed by atoms with Gasteiger partial charge in [-0.3, -0.25) is 4.68 Å². The second-order valence-electron chi connectivity index (χ2n) is 3.90. The van der Waals surface area contributed by atoms with E-state index >= 15 is 0 Å². The predicted octanol–water partition coefficient (Wildman–Crippen LogP) is 0.275. The molecule has 1 heterocycles. The van der Waals surface area contributed by atoms with Crippen molar-refractivity contribution in [1.82, 2.24) is 14.7 Å². The van der Waals surface area contributed by atoms with E-state index in [0.29, 0.717) is 0 Å². The van der Waals surface area contributed by atoms with Crippen molar-refractivity contribution in [3.63, 3.8) is 0 Å². The molecule has 0 aliphatic rings. The van der Waals surface area contributed by atoms with Gasteiger partial charge >= 0.3 is 0 Å². The van der Waals surface area contributed by atoms with Crippen LogP contribution in [0.1, 0.15) is 12.1 Å². The Kier molecular flexibility index (Phi) is 4.10. The minimum absolute atomic E-state index is 0.250. The number of aromatic nitrogens is 2. The molecule has 0 fully saturated rings. The Morgan fingerprint density at radius 2 is 2.29 bits per heavy atom. The molecule has 1 atom stereocenters. The van der Waals surface area contributed by atoms with Gasteiger partial charge in [-0.25, -0.2) is 0 Å². The summed E-state index contributed by atoms with van der Waals surface area (Å²) in [5.74, 6) is 0. The van der Waals surface area contributed by atoms with Gasteiger partial charge in [0.1, 0.15) is 0 Å². The summed E-state index contributed by atoms with van der Waals surface area (Å²) in [6.07, 6.45) is 3.21. The van der Waals surface area contributed by atoms with Gasteiger partial charge < -0.3 is 10.0 Å². The van der Waals surface area contributed by atoms with Gasteiger partial charge in [0.15, 0.2) is 0 Å². The van der Waals surface area contributed by atoms with Crippen LogP contribution >= 0.6 is 0 Å². The molecule has 4 nitrogen and oxygen atoms in total. The monoisotopic (exact) mass is 197 g/mol. The lowest BCUT2D eigenvalue weighted by Gasteiger charge is -2.15. The first-order valence-corrected chi connectivity index (χ1v) is 4.89. The third-order valence-electron chi connectivity index (χ3n) is 2.23. The van der Waals surface area contributed by atoms with E-state index in [2.05, 4.69) is 5.10 Å². The minimum Gasteiger partial charge on any atom is -0.392 e. The maximum Gasteiger partial charge on any atom is 0.0670 e. The highest BCUT2D eigenvalue weighted by molar-refractivity contribution is 5.00. The lowest BCUT2D eigenvalue weighted by Crippen LogP contribution is -2.26. The predicted molar refractivity (Wildman–Crippen MR) is 56.1 cm³/mol. The van der Waals surface area contributed by atoms with Crippen molar-refractivity contribution in [2.24, 2.45) is 7.05 Å². The number of likely N-dealkylation sites (N-methyl/N-ethyl adjacent to an activating group) is 1. The molecule has 0 aliphatic heterocycles. The van der Waals surface area contributed by atoms with Gasteiger partial charge in [-0.2, -0.15) is 5.10 Å². The normalized spacial score (nSPS) is 13.5. The maximum atomic E-state index is 9.64. The average molecular weight is 197 g/mol. The van der Waals surface area contributed by atoms with Gasteiger partial charge in [-0.1, -0.05) is 0 Å². The van der Waals surface area contributed by atoms with Crippen LogP contribution in [0.4, 0.5) is 0 Å². The largest absolute Gasteiger partial charge is 0.392 e. The quantitative estimate of drug-likeness (QED) is 0.737. The third kappa shape index (κ3) is 3.47. The number of hydrogen-bond acceptors (Lipinski definition) is 3. The Balaban J connectivity index is 2.30. The lowest BCUT2D eigenvalue weighted by atomic mass is 10.1. The van der Waals surface area contributed by atoms with Crippen molar-refractivity contribution >= 4 is 0 Å². The molecule has 0 aromatic carbocycles. The number of aliphatic hydroxyl groups excluding tert-OH is 1. The molecular formula is C10H19N3O. The zero-order valence-electron chi connectivity index (χ0n) is 9.14. The van der Waals surface area contributed by atoms with Crippen LogP contribution in [0.3, 0.4) is 0 Å². The molecule has 1 aromatic rings. The second-order valence-corrected chi connectivity index (χ2v) is 3.90. The standard InChI is InChI=1S/C10H19N3O/c1-12(2)8-10(14)5-4-9-6-7-11-13(9)3/h6-7,10,14H,4-5,8H2,1-3H3. The van der Waals surface area contributed by atoms with Crippen LogP contribution in [0, 0.1) is 0 Å². The average Bonchev–Trinajstić information content (AvgIpc) is 2.46. The lowest BCUT2D eigenvalue weighted by molar-refractivity contribution is 0.128.